The van der Waals surface area contributed by atoms with Gasteiger partial charge in [-0.05, 0) is 73.5 Å². The maximum Gasteiger partial charge on any atom is 0.0958 e. The molecule has 0 fully saturated rings. The first-order valence-corrected chi connectivity index (χ1v) is 11.0. The van der Waals surface area contributed by atoms with Gasteiger partial charge in [-0.3, -0.25) is 10.4 Å². The molecule has 1 heterocycles. The zero-order chi connectivity index (χ0) is 21.5. The lowest BCUT2D eigenvalue weighted by atomic mass is 10.0. The molecular formula is C27H30N4. The van der Waals surface area contributed by atoms with E-state index in [1.807, 2.05) is 6.07 Å². The van der Waals surface area contributed by atoms with Gasteiger partial charge in [0, 0.05) is 24.5 Å². The zero-order valence-electron chi connectivity index (χ0n) is 18.2. The molecule has 158 valence electrons. The van der Waals surface area contributed by atoms with Gasteiger partial charge in [0.25, 0.3) is 0 Å². The topological polar surface area (TPSA) is 39.3 Å². The van der Waals surface area contributed by atoms with Gasteiger partial charge in [0.15, 0.2) is 0 Å². The number of rotatable bonds is 8. The lowest BCUT2D eigenvalue weighted by molar-refractivity contribution is 0.710. The molecule has 3 N–H and O–H groups in total. The van der Waals surface area contributed by atoms with Gasteiger partial charge in [0.2, 0.25) is 0 Å². The first-order chi connectivity index (χ1) is 15.3. The third kappa shape index (κ3) is 5.10. The number of hydrogen-bond donors (Lipinski definition) is 3. The zero-order valence-corrected chi connectivity index (χ0v) is 18.2. The highest BCUT2D eigenvalue weighted by Gasteiger charge is 2.25. The van der Waals surface area contributed by atoms with Crippen molar-refractivity contribution >= 4 is 23.1 Å². The Hall–Kier alpha value is -3.66. The Balaban J connectivity index is 1.57. The second kappa shape index (κ2) is 9.90. The fourth-order valence-corrected chi connectivity index (χ4v) is 3.75. The van der Waals surface area contributed by atoms with E-state index in [9.17, 15) is 0 Å². The fraction of sp³-hybridized carbons (Fsp3) is 0.185. The Kier molecular flexibility index (Phi) is 6.58. The van der Waals surface area contributed by atoms with Gasteiger partial charge in [0.05, 0.1) is 17.4 Å². The van der Waals surface area contributed by atoms with E-state index in [1.54, 1.807) is 0 Å². The summed E-state index contributed by atoms with van der Waals surface area (Å²) >= 11 is 0. The highest BCUT2D eigenvalue weighted by Crippen LogP contribution is 2.33. The molecule has 3 aromatic carbocycles. The molecule has 0 radical (unpaired) electrons. The van der Waals surface area contributed by atoms with Gasteiger partial charge in [-0.25, -0.2) is 0 Å². The van der Waals surface area contributed by atoms with Crippen LogP contribution in [0.25, 0.3) is 6.08 Å². The van der Waals surface area contributed by atoms with Crippen molar-refractivity contribution in [3.8, 4) is 0 Å². The standard InChI is InChI=1S/C27H30N4/c1-3-28-23-15-10-21(11-16-23)12-17-25-20-27(22-13-18-24(19-14-22)29-4-2)31(30-25)26-8-6-5-7-9-26/h5-20,27-30H,3-4H2,1-2H3. The molecule has 0 amide bonds. The van der Waals surface area contributed by atoms with Crippen LogP contribution in [0.5, 0.6) is 0 Å². The van der Waals surface area contributed by atoms with Gasteiger partial charge in [0.1, 0.15) is 0 Å². The van der Waals surface area contributed by atoms with Crippen molar-refractivity contribution in [2.75, 3.05) is 28.7 Å². The van der Waals surface area contributed by atoms with Crippen molar-refractivity contribution in [2.45, 2.75) is 19.9 Å². The van der Waals surface area contributed by atoms with E-state index in [2.05, 4.69) is 126 Å². The van der Waals surface area contributed by atoms with Crippen molar-refractivity contribution in [2.24, 2.45) is 0 Å². The number of allylic oxidation sites excluding steroid dienone is 1. The first kappa shape index (κ1) is 20.6. The molecular weight excluding hydrogens is 380 g/mol. The molecule has 4 heteroatoms. The number of hydrogen-bond acceptors (Lipinski definition) is 4. The number of para-hydroxylation sites is 1. The number of nitrogens with zero attached hydrogens (tertiary/aromatic N) is 1. The first-order valence-electron chi connectivity index (χ1n) is 11.0. The van der Waals surface area contributed by atoms with Crippen LogP contribution >= 0.6 is 0 Å². The maximum absolute atomic E-state index is 3.58. The average molecular weight is 411 g/mol. The number of nitrogens with one attached hydrogen (secondary N) is 3. The minimum Gasteiger partial charge on any atom is -0.385 e. The van der Waals surface area contributed by atoms with E-state index < -0.39 is 0 Å². The van der Waals surface area contributed by atoms with Crippen molar-refractivity contribution in [1.82, 2.24) is 5.43 Å². The number of anilines is 3. The smallest absolute Gasteiger partial charge is 0.0958 e. The quantitative estimate of drug-likeness (QED) is 0.413. The Labute approximate surface area is 185 Å². The fourth-order valence-electron chi connectivity index (χ4n) is 3.75. The predicted molar refractivity (Wildman–Crippen MR) is 133 cm³/mol. The van der Waals surface area contributed by atoms with Crippen LogP contribution in [0.3, 0.4) is 0 Å². The van der Waals surface area contributed by atoms with Crippen LogP contribution in [0, 0.1) is 0 Å². The van der Waals surface area contributed by atoms with Gasteiger partial charge in [-0.15, -0.1) is 0 Å². The van der Waals surface area contributed by atoms with Crippen molar-refractivity contribution in [1.29, 1.82) is 0 Å². The van der Waals surface area contributed by atoms with E-state index in [0.717, 1.165) is 35.8 Å². The van der Waals surface area contributed by atoms with E-state index in [1.165, 1.54) is 11.1 Å². The third-order valence-corrected chi connectivity index (χ3v) is 5.28. The molecule has 0 bridgehead atoms. The summed E-state index contributed by atoms with van der Waals surface area (Å²) in [7, 11) is 0. The van der Waals surface area contributed by atoms with Gasteiger partial charge in [-0.2, -0.15) is 0 Å². The normalized spacial score (nSPS) is 15.6. The number of hydrazine groups is 1. The Bertz CT molecular complexity index is 1020. The van der Waals surface area contributed by atoms with Crippen LogP contribution in [0.15, 0.2) is 96.7 Å². The summed E-state index contributed by atoms with van der Waals surface area (Å²) < 4.78 is 0. The Morgan fingerprint density at radius 1 is 0.774 bits per heavy atom. The van der Waals surface area contributed by atoms with Crippen molar-refractivity contribution in [3.05, 3.63) is 108 Å². The lowest BCUT2D eigenvalue weighted by Crippen LogP contribution is -2.33. The van der Waals surface area contributed by atoms with E-state index in [0.29, 0.717) is 0 Å². The van der Waals surface area contributed by atoms with Crippen LogP contribution in [-0.4, -0.2) is 13.1 Å². The molecule has 4 rings (SSSR count). The largest absolute Gasteiger partial charge is 0.385 e. The minimum absolute atomic E-state index is 0.119. The van der Waals surface area contributed by atoms with E-state index >= 15 is 0 Å². The summed E-state index contributed by atoms with van der Waals surface area (Å²) in [5.74, 6) is 0. The third-order valence-electron chi connectivity index (χ3n) is 5.28. The average Bonchev–Trinajstić information content (AvgIpc) is 3.24. The molecule has 0 aliphatic carbocycles. The molecule has 0 aromatic heterocycles. The molecule has 0 saturated heterocycles. The highest BCUT2D eigenvalue weighted by atomic mass is 15.5. The summed E-state index contributed by atoms with van der Waals surface area (Å²) in [6, 6.07) is 27.8. The van der Waals surface area contributed by atoms with Crippen molar-refractivity contribution in [3.63, 3.8) is 0 Å². The highest BCUT2D eigenvalue weighted by molar-refractivity contribution is 5.60. The summed E-state index contributed by atoms with van der Waals surface area (Å²) in [4.78, 5) is 0. The molecule has 3 aromatic rings. The molecule has 31 heavy (non-hydrogen) atoms. The van der Waals surface area contributed by atoms with Crippen LogP contribution in [0.1, 0.15) is 31.0 Å². The molecule has 0 saturated carbocycles. The molecule has 1 aliphatic heterocycles. The second-order valence-corrected chi connectivity index (χ2v) is 7.52. The molecule has 1 aliphatic rings. The van der Waals surface area contributed by atoms with Gasteiger partial charge < -0.3 is 10.6 Å². The lowest BCUT2D eigenvalue weighted by Gasteiger charge is -2.27. The predicted octanol–water partition coefficient (Wildman–Crippen LogP) is 6.21. The van der Waals surface area contributed by atoms with E-state index in [4.69, 9.17) is 0 Å². The summed E-state index contributed by atoms with van der Waals surface area (Å²) in [5.41, 5.74) is 10.5. The minimum atomic E-state index is 0.119. The van der Waals surface area contributed by atoms with Crippen LogP contribution < -0.4 is 21.1 Å². The van der Waals surface area contributed by atoms with Gasteiger partial charge in [-0.1, -0.05) is 48.5 Å². The number of benzene rings is 3. The van der Waals surface area contributed by atoms with Crippen molar-refractivity contribution < 1.29 is 0 Å². The molecule has 1 unspecified atom stereocenters. The molecule has 0 spiro atoms. The molecule has 4 nitrogen and oxygen atoms in total. The molecule has 1 atom stereocenters. The van der Waals surface area contributed by atoms with Crippen LogP contribution in [-0.2, 0) is 0 Å². The van der Waals surface area contributed by atoms with E-state index in [-0.39, 0.29) is 6.04 Å². The second-order valence-electron chi connectivity index (χ2n) is 7.52. The Morgan fingerprint density at radius 2 is 1.39 bits per heavy atom. The summed E-state index contributed by atoms with van der Waals surface area (Å²) in [6.45, 7) is 6.07. The SMILES string of the molecule is CCNc1ccc(C=CC2=CC(c3ccc(NCC)cc3)N(c3ccccc3)N2)cc1. The Morgan fingerprint density at radius 3 is 2.00 bits per heavy atom. The summed E-state index contributed by atoms with van der Waals surface area (Å²) in [6.07, 6.45) is 6.57. The monoisotopic (exact) mass is 410 g/mol. The van der Waals surface area contributed by atoms with Crippen LogP contribution in [0.2, 0.25) is 0 Å². The van der Waals surface area contributed by atoms with Crippen LogP contribution in [0.4, 0.5) is 17.1 Å². The van der Waals surface area contributed by atoms with Gasteiger partial charge >= 0.3 is 0 Å². The maximum atomic E-state index is 3.58. The summed E-state index contributed by atoms with van der Waals surface area (Å²) in [5, 5.41) is 8.92.